The second-order valence-electron chi connectivity index (χ2n) is 4.49. The SMILES string of the molecule is CNC(=O)C1CNCCN1C(=O)c1cc(F)cc(F)c1. The number of likely N-dealkylation sites (N-methyl/N-ethyl adjacent to an activating group) is 1. The van der Waals surface area contributed by atoms with Crippen LogP contribution in [0.3, 0.4) is 0 Å². The van der Waals surface area contributed by atoms with Crippen LogP contribution in [0.4, 0.5) is 8.78 Å². The minimum absolute atomic E-state index is 0.0988. The number of halogens is 2. The third-order valence-electron chi connectivity index (χ3n) is 3.16. The van der Waals surface area contributed by atoms with Gasteiger partial charge in [-0.2, -0.15) is 0 Å². The molecule has 1 unspecified atom stereocenters. The van der Waals surface area contributed by atoms with Crippen molar-refractivity contribution in [1.29, 1.82) is 0 Å². The van der Waals surface area contributed by atoms with E-state index >= 15 is 0 Å². The third kappa shape index (κ3) is 2.93. The molecule has 0 radical (unpaired) electrons. The summed E-state index contributed by atoms with van der Waals surface area (Å²) < 4.78 is 26.4. The molecule has 1 aromatic rings. The number of rotatable bonds is 2. The number of nitrogens with zero attached hydrogens (tertiary/aromatic N) is 1. The number of benzene rings is 1. The first-order valence-electron chi connectivity index (χ1n) is 6.22. The number of piperazine rings is 1. The smallest absolute Gasteiger partial charge is 0.254 e. The van der Waals surface area contributed by atoms with Crippen molar-refractivity contribution >= 4 is 11.8 Å². The van der Waals surface area contributed by atoms with E-state index < -0.39 is 23.6 Å². The highest BCUT2D eigenvalue weighted by Gasteiger charge is 2.32. The molecule has 0 saturated carbocycles. The minimum atomic E-state index is -0.819. The first kappa shape index (κ1) is 14.4. The molecule has 0 spiro atoms. The molecule has 1 heterocycles. The van der Waals surface area contributed by atoms with Gasteiger partial charge in [0.05, 0.1) is 0 Å². The zero-order chi connectivity index (χ0) is 14.7. The van der Waals surface area contributed by atoms with E-state index in [-0.39, 0.29) is 11.5 Å². The summed E-state index contributed by atoms with van der Waals surface area (Å²) in [6, 6.07) is 1.95. The van der Waals surface area contributed by atoms with Crippen LogP contribution in [-0.2, 0) is 4.79 Å². The van der Waals surface area contributed by atoms with Gasteiger partial charge >= 0.3 is 0 Å². The van der Waals surface area contributed by atoms with E-state index in [1.165, 1.54) is 11.9 Å². The Morgan fingerprint density at radius 1 is 1.30 bits per heavy atom. The van der Waals surface area contributed by atoms with Crippen molar-refractivity contribution in [2.45, 2.75) is 6.04 Å². The largest absolute Gasteiger partial charge is 0.357 e. The predicted molar refractivity (Wildman–Crippen MR) is 68.1 cm³/mol. The molecule has 1 atom stereocenters. The maximum absolute atomic E-state index is 13.2. The molecule has 2 amide bonds. The Kier molecular flexibility index (Phi) is 4.29. The molecule has 0 aliphatic carbocycles. The Morgan fingerprint density at radius 3 is 2.55 bits per heavy atom. The van der Waals surface area contributed by atoms with Gasteiger partial charge < -0.3 is 15.5 Å². The number of hydrogen-bond acceptors (Lipinski definition) is 3. The molecule has 0 bridgehead atoms. The summed E-state index contributed by atoms with van der Waals surface area (Å²) in [5, 5.41) is 5.48. The number of amides is 2. The second-order valence-corrected chi connectivity index (χ2v) is 4.49. The van der Waals surface area contributed by atoms with E-state index in [0.29, 0.717) is 25.7 Å². The molecule has 0 aromatic heterocycles. The van der Waals surface area contributed by atoms with Crippen LogP contribution < -0.4 is 10.6 Å². The molecule has 1 fully saturated rings. The summed E-state index contributed by atoms with van der Waals surface area (Å²) >= 11 is 0. The summed E-state index contributed by atoms with van der Waals surface area (Å²) in [6.45, 7) is 1.13. The monoisotopic (exact) mass is 283 g/mol. The molecule has 20 heavy (non-hydrogen) atoms. The Bertz CT molecular complexity index is 516. The number of carbonyl (C=O) groups is 2. The van der Waals surface area contributed by atoms with E-state index in [0.717, 1.165) is 12.1 Å². The molecule has 1 aliphatic rings. The zero-order valence-electron chi connectivity index (χ0n) is 11.0. The van der Waals surface area contributed by atoms with E-state index in [9.17, 15) is 18.4 Å². The Balaban J connectivity index is 2.27. The van der Waals surface area contributed by atoms with Crippen LogP contribution in [-0.4, -0.2) is 49.4 Å². The van der Waals surface area contributed by atoms with Gasteiger partial charge in [0, 0.05) is 38.3 Å². The normalized spacial score (nSPS) is 18.8. The molecular weight excluding hydrogens is 268 g/mol. The molecule has 1 aliphatic heterocycles. The van der Waals surface area contributed by atoms with Crippen molar-refractivity contribution in [2.75, 3.05) is 26.7 Å². The fourth-order valence-corrected chi connectivity index (χ4v) is 2.19. The molecule has 2 N–H and O–H groups in total. The van der Waals surface area contributed by atoms with Crippen molar-refractivity contribution < 1.29 is 18.4 Å². The van der Waals surface area contributed by atoms with Gasteiger partial charge in [0.25, 0.3) is 5.91 Å². The number of hydrogen-bond donors (Lipinski definition) is 2. The fourth-order valence-electron chi connectivity index (χ4n) is 2.19. The van der Waals surface area contributed by atoms with Crippen molar-refractivity contribution in [3.8, 4) is 0 Å². The first-order chi connectivity index (χ1) is 9.52. The van der Waals surface area contributed by atoms with Crippen molar-refractivity contribution in [3.05, 3.63) is 35.4 Å². The second kappa shape index (κ2) is 5.96. The maximum Gasteiger partial charge on any atom is 0.254 e. The van der Waals surface area contributed by atoms with Gasteiger partial charge in [-0.3, -0.25) is 9.59 Å². The number of carbonyl (C=O) groups excluding carboxylic acids is 2. The molecule has 108 valence electrons. The standard InChI is InChI=1S/C13H15F2N3O2/c1-16-12(19)11-7-17-2-3-18(11)13(20)8-4-9(14)6-10(15)5-8/h4-6,11,17H,2-3,7H2,1H3,(H,16,19). The highest BCUT2D eigenvalue weighted by Crippen LogP contribution is 2.14. The predicted octanol–water partition coefficient (Wildman–Crippen LogP) is 0.125. The van der Waals surface area contributed by atoms with Gasteiger partial charge in [0.15, 0.2) is 0 Å². The summed E-state index contributed by atoms with van der Waals surface area (Å²) in [4.78, 5) is 25.4. The Morgan fingerprint density at radius 2 is 1.95 bits per heavy atom. The average molecular weight is 283 g/mol. The van der Waals surface area contributed by atoms with E-state index in [1.54, 1.807) is 0 Å². The summed E-state index contributed by atoms with van der Waals surface area (Å²) in [5.41, 5.74) is -0.0988. The lowest BCUT2D eigenvalue weighted by atomic mass is 10.1. The summed E-state index contributed by atoms with van der Waals surface area (Å²) in [6.07, 6.45) is 0. The van der Waals surface area contributed by atoms with Gasteiger partial charge in [0.2, 0.25) is 5.91 Å². The van der Waals surface area contributed by atoms with E-state index in [2.05, 4.69) is 10.6 Å². The average Bonchev–Trinajstić information content (AvgIpc) is 2.44. The molecule has 1 saturated heterocycles. The van der Waals surface area contributed by atoms with Crippen molar-refractivity contribution in [2.24, 2.45) is 0 Å². The lowest BCUT2D eigenvalue weighted by molar-refractivity contribution is -0.125. The van der Waals surface area contributed by atoms with E-state index in [1.807, 2.05) is 0 Å². The molecule has 7 heteroatoms. The lowest BCUT2D eigenvalue weighted by Gasteiger charge is -2.35. The minimum Gasteiger partial charge on any atom is -0.357 e. The zero-order valence-corrected chi connectivity index (χ0v) is 11.0. The van der Waals surface area contributed by atoms with Crippen molar-refractivity contribution in [1.82, 2.24) is 15.5 Å². The lowest BCUT2D eigenvalue weighted by Crippen LogP contribution is -2.59. The quantitative estimate of drug-likeness (QED) is 0.811. The molecule has 5 nitrogen and oxygen atoms in total. The van der Waals surface area contributed by atoms with Crippen LogP contribution in [0, 0.1) is 11.6 Å². The van der Waals surface area contributed by atoms with Gasteiger partial charge in [-0.25, -0.2) is 8.78 Å². The molecule has 1 aromatic carbocycles. The summed E-state index contributed by atoms with van der Waals surface area (Å²) in [7, 11) is 1.47. The highest BCUT2D eigenvalue weighted by molar-refractivity contribution is 5.97. The maximum atomic E-state index is 13.2. The van der Waals surface area contributed by atoms with Gasteiger partial charge in [-0.05, 0) is 12.1 Å². The number of nitrogens with one attached hydrogen (secondary N) is 2. The first-order valence-corrected chi connectivity index (χ1v) is 6.22. The van der Waals surface area contributed by atoms with Crippen LogP contribution >= 0.6 is 0 Å². The van der Waals surface area contributed by atoms with Gasteiger partial charge in [-0.1, -0.05) is 0 Å². The molecular formula is C13H15F2N3O2. The van der Waals surface area contributed by atoms with Gasteiger partial charge in [0.1, 0.15) is 17.7 Å². The Labute approximate surface area is 114 Å². The third-order valence-corrected chi connectivity index (χ3v) is 3.16. The van der Waals surface area contributed by atoms with E-state index in [4.69, 9.17) is 0 Å². The Hall–Kier alpha value is -2.02. The highest BCUT2D eigenvalue weighted by atomic mass is 19.1. The fraction of sp³-hybridized carbons (Fsp3) is 0.385. The van der Waals surface area contributed by atoms with Crippen LogP contribution in [0.5, 0.6) is 0 Å². The van der Waals surface area contributed by atoms with Crippen LogP contribution in [0.2, 0.25) is 0 Å². The summed E-state index contributed by atoms with van der Waals surface area (Å²) in [5.74, 6) is -2.51. The topological polar surface area (TPSA) is 61.4 Å². The van der Waals surface area contributed by atoms with Crippen LogP contribution in [0.25, 0.3) is 0 Å². The van der Waals surface area contributed by atoms with Crippen LogP contribution in [0.15, 0.2) is 18.2 Å². The van der Waals surface area contributed by atoms with Crippen LogP contribution in [0.1, 0.15) is 10.4 Å². The van der Waals surface area contributed by atoms with Crippen molar-refractivity contribution in [3.63, 3.8) is 0 Å². The van der Waals surface area contributed by atoms with Gasteiger partial charge in [-0.15, -0.1) is 0 Å². The molecule has 2 rings (SSSR count).